The molecule has 0 fully saturated rings. The van der Waals surface area contributed by atoms with Crippen molar-refractivity contribution in [3.8, 4) is 0 Å². The minimum atomic E-state index is -3.70. The maximum Gasteiger partial charge on any atom is 0.288 e. The van der Waals surface area contributed by atoms with E-state index in [1.165, 1.54) is 12.1 Å². The van der Waals surface area contributed by atoms with Gasteiger partial charge in [0, 0.05) is 24.6 Å². The van der Waals surface area contributed by atoms with Crippen LogP contribution < -0.4 is 5.32 Å². The van der Waals surface area contributed by atoms with E-state index in [2.05, 4.69) is 5.32 Å². The molecule has 0 aliphatic rings. The lowest BCUT2D eigenvalue weighted by molar-refractivity contribution is -0.387. The van der Waals surface area contributed by atoms with E-state index >= 15 is 0 Å². The van der Waals surface area contributed by atoms with Gasteiger partial charge in [0.2, 0.25) is 0 Å². The van der Waals surface area contributed by atoms with Gasteiger partial charge in [0.25, 0.3) is 5.69 Å². The highest BCUT2D eigenvalue weighted by atomic mass is 32.2. The summed E-state index contributed by atoms with van der Waals surface area (Å²) < 4.78 is 23.1. The molecule has 8 heteroatoms. The highest BCUT2D eigenvalue weighted by Gasteiger charge is 2.22. The van der Waals surface area contributed by atoms with Gasteiger partial charge in [0.1, 0.15) is 4.90 Å². The topological polar surface area (TPSA) is 110 Å². The average Bonchev–Trinajstić information content (AvgIpc) is 2.23. The maximum atomic E-state index is 11.5. The first-order valence-electron chi connectivity index (χ1n) is 5.45. The van der Waals surface area contributed by atoms with Crippen LogP contribution in [0, 0.1) is 10.1 Å². The molecule has 1 aromatic carbocycles. The predicted octanol–water partition coefficient (Wildman–Crippen LogP) is 1.18. The van der Waals surface area contributed by atoms with Gasteiger partial charge in [-0.1, -0.05) is 0 Å². The quantitative estimate of drug-likeness (QED) is 0.622. The molecule has 0 saturated carbocycles. The molecule has 0 heterocycles. The number of nitrogens with zero attached hydrogens (tertiary/aromatic N) is 1. The number of hydrogen-bond donors (Lipinski definition) is 2. The molecule has 7 nitrogen and oxygen atoms in total. The number of benzene rings is 1. The number of hydrogen-bond acceptors (Lipinski definition) is 6. The standard InChI is InChI=1S/C11H16N2O5S/c1-11(2,14)7-12-8-4-5-9(13(15)16)10(6-8)19(3,17)18/h4-6,12,14H,7H2,1-3H3. The molecule has 0 aromatic heterocycles. The van der Waals surface area contributed by atoms with Crippen LogP contribution in [-0.2, 0) is 9.84 Å². The second-order valence-corrected chi connectivity index (χ2v) is 6.86. The number of anilines is 1. The molecule has 0 aliphatic carbocycles. The van der Waals surface area contributed by atoms with Gasteiger partial charge in [-0.15, -0.1) is 0 Å². The van der Waals surface area contributed by atoms with E-state index in [9.17, 15) is 23.6 Å². The first-order valence-corrected chi connectivity index (χ1v) is 7.34. The molecule has 106 valence electrons. The zero-order chi connectivity index (χ0) is 14.8. The third kappa shape index (κ3) is 4.49. The molecular formula is C11H16N2O5S. The van der Waals surface area contributed by atoms with Crippen LogP contribution in [0.1, 0.15) is 13.8 Å². The van der Waals surface area contributed by atoms with Crippen molar-refractivity contribution >= 4 is 21.2 Å². The fourth-order valence-electron chi connectivity index (χ4n) is 1.39. The number of sulfone groups is 1. The van der Waals surface area contributed by atoms with Gasteiger partial charge >= 0.3 is 0 Å². The van der Waals surface area contributed by atoms with Gasteiger partial charge in [-0.05, 0) is 26.0 Å². The van der Waals surface area contributed by atoms with E-state index in [0.717, 1.165) is 12.3 Å². The predicted molar refractivity (Wildman–Crippen MR) is 71.0 cm³/mol. The van der Waals surface area contributed by atoms with Crippen molar-refractivity contribution in [1.82, 2.24) is 0 Å². The Morgan fingerprint density at radius 2 is 2.00 bits per heavy atom. The van der Waals surface area contributed by atoms with Crippen LogP contribution in [0.15, 0.2) is 23.1 Å². The second kappa shape index (κ2) is 5.14. The highest BCUT2D eigenvalue weighted by Crippen LogP contribution is 2.27. The Kier molecular flexibility index (Phi) is 4.16. The first kappa shape index (κ1) is 15.4. The van der Waals surface area contributed by atoms with Crippen LogP contribution >= 0.6 is 0 Å². The summed E-state index contributed by atoms with van der Waals surface area (Å²) >= 11 is 0. The molecular weight excluding hydrogens is 272 g/mol. The van der Waals surface area contributed by atoms with E-state index < -0.39 is 26.0 Å². The molecule has 19 heavy (non-hydrogen) atoms. The monoisotopic (exact) mass is 288 g/mol. The van der Waals surface area contributed by atoms with E-state index in [0.29, 0.717) is 5.69 Å². The summed E-state index contributed by atoms with van der Waals surface area (Å²) in [5.41, 5.74) is -1.04. The SMILES string of the molecule is CC(C)(O)CNc1ccc([N+](=O)[O-])c(S(C)(=O)=O)c1. The zero-order valence-electron chi connectivity index (χ0n) is 10.9. The summed E-state index contributed by atoms with van der Waals surface area (Å²) in [6.45, 7) is 3.36. The van der Waals surface area contributed by atoms with Crippen LogP contribution in [0.5, 0.6) is 0 Å². The van der Waals surface area contributed by atoms with Crippen molar-refractivity contribution in [2.45, 2.75) is 24.3 Å². The molecule has 0 saturated heterocycles. The number of aliphatic hydroxyl groups is 1. The van der Waals surface area contributed by atoms with E-state index in [4.69, 9.17) is 0 Å². The minimum absolute atomic E-state index is 0.189. The molecule has 0 spiro atoms. The molecule has 1 rings (SSSR count). The minimum Gasteiger partial charge on any atom is -0.389 e. The van der Waals surface area contributed by atoms with Crippen LogP contribution in [0.4, 0.5) is 11.4 Å². The smallest absolute Gasteiger partial charge is 0.288 e. The van der Waals surface area contributed by atoms with Gasteiger partial charge in [-0.2, -0.15) is 0 Å². The third-order valence-corrected chi connectivity index (χ3v) is 3.41. The van der Waals surface area contributed by atoms with Gasteiger partial charge in [0.05, 0.1) is 10.5 Å². The van der Waals surface area contributed by atoms with Gasteiger partial charge < -0.3 is 10.4 Å². The highest BCUT2D eigenvalue weighted by molar-refractivity contribution is 7.90. The second-order valence-electron chi connectivity index (χ2n) is 4.88. The fraction of sp³-hybridized carbons (Fsp3) is 0.455. The fourth-order valence-corrected chi connectivity index (χ4v) is 2.25. The number of nitro groups is 1. The molecule has 0 atom stereocenters. The van der Waals surface area contributed by atoms with Crippen LogP contribution in [0.25, 0.3) is 0 Å². The van der Waals surface area contributed by atoms with Gasteiger partial charge in [-0.25, -0.2) is 8.42 Å². The van der Waals surface area contributed by atoms with Crippen molar-refractivity contribution < 1.29 is 18.4 Å². The Labute approximate surface area is 111 Å². The Balaban J connectivity index is 3.17. The summed E-state index contributed by atoms with van der Waals surface area (Å²) in [4.78, 5) is 9.69. The molecule has 0 aliphatic heterocycles. The number of rotatable bonds is 5. The van der Waals surface area contributed by atoms with E-state index in [1.807, 2.05) is 0 Å². The molecule has 0 amide bonds. The van der Waals surface area contributed by atoms with Crippen molar-refractivity contribution in [2.24, 2.45) is 0 Å². The lowest BCUT2D eigenvalue weighted by Gasteiger charge is -2.18. The average molecular weight is 288 g/mol. The Bertz CT molecular complexity index is 590. The lowest BCUT2D eigenvalue weighted by atomic mass is 10.1. The van der Waals surface area contributed by atoms with Gasteiger partial charge in [-0.3, -0.25) is 10.1 Å². The third-order valence-electron chi connectivity index (χ3n) is 2.28. The molecule has 0 unspecified atom stereocenters. The van der Waals surface area contributed by atoms with Crippen molar-refractivity contribution in [1.29, 1.82) is 0 Å². The summed E-state index contributed by atoms with van der Waals surface area (Å²) in [6.07, 6.45) is 0.912. The van der Waals surface area contributed by atoms with Crippen molar-refractivity contribution in [2.75, 3.05) is 18.1 Å². The first-order chi connectivity index (χ1) is 8.50. The van der Waals surface area contributed by atoms with E-state index in [-0.39, 0.29) is 11.4 Å². The molecule has 1 aromatic rings. The number of nitro benzene ring substituents is 1. The summed E-state index contributed by atoms with van der Waals surface area (Å²) in [5.74, 6) is 0. The van der Waals surface area contributed by atoms with Crippen LogP contribution in [0.2, 0.25) is 0 Å². The summed E-state index contributed by atoms with van der Waals surface area (Å²) in [5, 5.41) is 23.2. The Morgan fingerprint density at radius 3 is 2.42 bits per heavy atom. The molecule has 0 bridgehead atoms. The lowest BCUT2D eigenvalue weighted by Crippen LogP contribution is -2.29. The normalized spacial score (nSPS) is 12.2. The zero-order valence-corrected chi connectivity index (χ0v) is 11.7. The van der Waals surface area contributed by atoms with Crippen molar-refractivity contribution in [3.63, 3.8) is 0 Å². The van der Waals surface area contributed by atoms with Crippen molar-refractivity contribution in [3.05, 3.63) is 28.3 Å². The van der Waals surface area contributed by atoms with E-state index in [1.54, 1.807) is 13.8 Å². The Hall–Kier alpha value is -1.67. The van der Waals surface area contributed by atoms with Gasteiger partial charge in [0.15, 0.2) is 9.84 Å². The Morgan fingerprint density at radius 1 is 1.42 bits per heavy atom. The van der Waals surface area contributed by atoms with Crippen LogP contribution in [0.3, 0.4) is 0 Å². The maximum absolute atomic E-state index is 11.5. The molecule has 0 radical (unpaired) electrons. The summed E-state index contributed by atoms with van der Waals surface area (Å²) in [6, 6.07) is 3.72. The molecule has 2 N–H and O–H groups in total. The largest absolute Gasteiger partial charge is 0.389 e. The van der Waals surface area contributed by atoms with Crippen LogP contribution in [-0.4, -0.2) is 36.8 Å². The summed E-state index contributed by atoms with van der Waals surface area (Å²) in [7, 11) is -3.70. The number of nitrogens with one attached hydrogen (secondary N) is 1.